The second-order valence-electron chi connectivity index (χ2n) is 7.58. The third kappa shape index (κ3) is 3.08. The largest absolute Gasteiger partial charge is 0.446 e. The molecule has 1 atom stereocenters. The lowest BCUT2D eigenvalue weighted by atomic mass is 10.1. The first-order chi connectivity index (χ1) is 15.5. The van der Waals surface area contributed by atoms with E-state index in [9.17, 15) is 14.9 Å². The van der Waals surface area contributed by atoms with Crippen LogP contribution in [0.2, 0.25) is 0 Å². The fraction of sp³-hybridized carbons (Fsp3) is 0.167. The van der Waals surface area contributed by atoms with Gasteiger partial charge in [-0.15, -0.1) is 5.10 Å². The second kappa shape index (κ2) is 7.49. The summed E-state index contributed by atoms with van der Waals surface area (Å²) in [6.45, 7) is 4.39. The zero-order chi connectivity index (χ0) is 22.4. The second-order valence-corrected chi connectivity index (χ2v) is 7.58. The van der Waals surface area contributed by atoms with Gasteiger partial charge in [0, 0.05) is 58.5 Å². The molecule has 0 radical (unpaired) electrons. The predicted octanol–water partition coefficient (Wildman–Crippen LogP) is 4.96. The van der Waals surface area contributed by atoms with E-state index in [4.69, 9.17) is 4.74 Å². The van der Waals surface area contributed by atoms with Gasteiger partial charge in [0.15, 0.2) is 0 Å². The molecule has 3 aromatic carbocycles. The normalized spacial score (nSPS) is 15.8. The molecular formula is C24H20N4O4. The molecule has 0 saturated heterocycles. The molecule has 0 bridgehead atoms. The van der Waals surface area contributed by atoms with Gasteiger partial charge in [-0.05, 0) is 37.3 Å². The van der Waals surface area contributed by atoms with Gasteiger partial charge >= 0.3 is 0 Å². The number of hydrogen-bond donors (Lipinski definition) is 0. The highest BCUT2D eigenvalue weighted by molar-refractivity contribution is 6.08. The lowest BCUT2D eigenvalue weighted by molar-refractivity contribution is -0.384. The van der Waals surface area contributed by atoms with Gasteiger partial charge in [0.05, 0.1) is 4.92 Å². The van der Waals surface area contributed by atoms with Crippen molar-refractivity contribution >= 4 is 39.3 Å². The molecule has 0 aliphatic carbocycles. The number of amides is 1. The van der Waals surface area contributed by atoms with Crippen LogP contribution in [0.1, 0.15) is 31.2 Å². The molecule has 0 spiro atoms. The Balaban J connectivity index is 1.56. The first kappa shape index (κ1) is 19.7. The van der Waals surface area contributed by atoms with Crippen LogP contribution in [-0.2, 0) is 16.1 Å². The average Bonchev–Trinajstić information content (AvgIpc) is 3.39. The summed E-state index contributed by atoms with van der Waals surface area (Å²) < 4.78 is 8.34. The van der Waals surface area contributed by atoms with Crippen molar-refractivity contribution in [2.75, 3.05) is 0 Å². The van der Waals surface area contributed by atoms with Crippen molar-refractivity contribution < 1.29 is 14.5 Å². The third-order valence-electron chi connectivity index (χ3n) is 5.69. The van der Waals surface area contributed by atoms with Crippen LogP contribution in [0.3, 0.4) is 0 Å². The van der Waals surface area contributed by atoms with Crippen molar-refractivity contribution in [1.29, 1.82) is 0 Å². The molecule has 1 aliphatic rings. The van der Waals surface area contributed by atoms with Gasteiger partial charge in [-0.3, -0.25) is 14.9 Å². The maximum absolute atomic E-state index is 12.3. The van der Waals surface area contributed by atoms with Gasteiger partial charge in [0.1, 0.15) is 0 Å². The first-order valence-corrected chi connectivity index (χ1v) is 10.3. The minimum absolute atomic E-state index is 0.0231. The smallest absolute Gasteiger partial charge is 0.269 e. The Morgan fingerprint density at radius 1 is 1.06 bits per heavy atom. The van der Waals surface area contributed by atoms with Gasteiger partial charge in [0.25, 0.3) is 5.69 Å². The molecule has 5 rings (SSSR count). The highest BCUT2D eigenvalue weighted by atomic mass is 16.6. The summed E-state index contributed by atoms with van der Waals surface area (Å²) in [4.78, 5) is 22.8. The van der Waals surface area contributed by atoms with E-state index in [-0.39, 0.29) is 17.5 Å². The maximum Gasteiger partial charge on any atom is 0.269 e. The Kier molecular flexibility index (Phi) is 4.62. The zero-order valence-corrected chi connectivity index (χ0v) is 17.6. The van der Waals surface area contributed by atoms with Crippen LogP contribution >= 0.6 is 0 Å². The lowest BCUT2D eigenvalue weighted by Gasteiger charge is -2.19. The molecular weight excluding hydrogens is 408 g/mol. The van der Waals surface area contributed by atoms with E-state index in [1.807, 2.05) is 30.3 Å². The molecule has 2 heterocycles. The molecule has 0 fully saturated rings. The molecule has 4 aromatic rings. The lowest BCUT2D eigenvalue weighted by Crippen LogP contribution is -2.25. The van der Waals surface area contributed by atoms with Crippen molar-refractivity contribution in [2.45, 2.75) is 26.6 Å². The molecule has 0 N–H and O–H groups in total. The minimum atomic E-state index is -0.717. The summed E-state index contributed by atoms with van der Waals surface area (Å²) in [5.74, 6) is -0.0147. The van der Waals surface area contributed by atoms with E-state index < -0.39 is 11.2 Å². The van der Waals surface area contributed by atoms with E-state index in [0.717, 1.165) is 33.9 Å². The predicted molar refractivity (Wildman–Crippen MR) is 121 cm³/mol. The Hall–Kier alpha value is -4.20. The van der Waals surface area contributed by atoms with Crippen LogP contribution in [0.5, 0.6) is 0 Å². The Labute approximate surface area is 183 Å². The van der Waals surface area contributed by atoms with Gasteiger partial charge in [-0.25, -0.2) is 0 Å². The molecule has 1 amide bonds. The first-order valence-electron chi connectivity index (χ1n) is 10.3. The van der Waals surface area contributed by atoms with E-state index >= 15 is 0 Å². The molecule has 8 heteroatoms. The van der Waals surface area contributed by atoms with Crippen LogP contribution in [-0.4, -0.2) is 26.3 Å². The van der Waals surface area contributed by atoms with Crippen molar-refractivity contribution in [1.82, 2.24) is 9.58 Å². The molecule has 8 nitrogen and oxygen atoms in total. The summed E-state index contributed by atoms with van der Waals surface area (Å²) >= 11 is 0. The molecule has 32 heavy (non-hydrogen) atoms. The number of fused-ring (bicyclic) bond motifs is 3. The molecule has 160 valence electrons. The number of nitrogens with zero attached hydrogens (tertiary/aromatic N) is 4. The van der Waals surface area contributed by atoms with Crippen molar-refractivity contribution in [3.63, 3.8) is 0 Å². The van der Waals surface area contributed by atoms with E-state index in [2.05, 4.69) is 28.7 Å². The topological polar surface area (TPSA) is 90.0 Å². The third-order valence-corrected chi connectivity index (χ3v) is 5.69. The monoisotopic (exact) mass is 428 g/mol. The Morgan fingerprint density at radius 2 is 1.78 bits per heavy atom. The SMILES string of the molecule is CCn1c2ccccc2c2cc(C3OC(c4ccc([N+](=O)[O-])cc4)=NN3C(C)=O)ccc21. The van der Waals surface area contributed by atoms with Crippen LogP contribution in [0.4, 0.5) is 5.69 Å². The van der Waals surface area contributed by atoms with E-state index in [1.54, 1.807) is 12.1 Å². The van der Waals surface area contributed by atoms with Gasteiger partial charge in [0.2, 0.25) is 18.0 Å². The number of aromatic nitrogens is 1. The molecule has 0 saturated carbocycles. The summed E-state index contributed by atoms with van der Waals surface area (Å²) in [5.41, 5.74) is 3.60. The molecule has 1 aliphatic heterocycles. The number of benzene rings is 3. The summed E-state index contributed by atoms with van der Waals surface area (Å²) in [6.07, 6.45) is -0.717. The van der Waals surface area contributed by atoms with Gasteiger partial charge in [-0.1, -0.05) is 24.3 Å². The van der Waals surface area contributed by atoms with Gasteiger partial charge in [-0.2, -0.15) is 5.01 Å². The number of carbonyl (C=O) groups is 1. The van der Waals surface area contributed by atoms with Gasteiger partial charge < -0.3 is 9.30 Å². The number of non-ortho nitro benzene ring substituents is 1. The van der Waals surface area contributed by atoms with Crippen molar-refractivity contribution in [3.8, 4) is 0 Å². The number of rotatable bonds is 4. The minimum Gasteiger partial charge on any atom is -0.446 e. The Morgan fingerprint density at radius 3 is 2.47 bits per heavy atom. The number of ether oxygens (including phenoxy) is 1. The highest BCUT2D eigenvalue weighted by Crippen LogP contribution is 2.35. The molecule has 1 aromatic heterocycles. The standard InChI is InChI=1S/C24H20N4O4/c1-3-26-21-7-5-4-6-19(21)20-14-17(10-13-22(20)26)24-27(15(2)29)25-23(32-24)16-8-11-18(12-9-16)28(30)31/h4-14,24H,3H2,1-2H3. The zero-order valence-electron chi connectivity index (χ0n) is 17.6. The average molecular weight is 428 g/mol. The van der Waals surface area contributed by atoms with Crippen LogP contribution in [0, 0.1) is 10.1 Å². The fourth-order valence-corrected chi connectivity index (χ4v) is 4.19. The van der Waals surface area contributed by atoms with Crippen LogP contribution in [0.15, 0.2) is 71.8 Å². The number of hydrogen-bond acceptors (Lipinski definition) is 5. The summed E-state index contributed by atoms with van der Waals surface area (Å²) in [6, 6.07) is 20.2. The van der Waals surface area contributed by atoms with Crippen molar-refractivity contribution in [3.05, 3.63) is 88.0 Å². The number of aryl methyl sites for hydroxylation is 1. The van der Waals surface area contributed by atoms with Crippen LogP contribution < -0.4 is 0 Å². The number of nitro benzene ring substituents is 1. The van der Waals surface area contributed by atoms with E-state index in [0.29, 0.717) is 5.56 Å². The fourth-order valence-electron chi connectivity index (χ4n) is 4.19. The Bertz CT molecular complexity index is 1410. The molecule has 1 unspecified atom stereocenters. The highest BCUT2D eigenvalue weighted by Gasteiger charge is 2.33. The van der Waals surface area contributed by atoms with E-state index in [1.165, 1.54) is 24.1 Å². The number of carbonyl (C=O) groups excluding carboxylic acids is 1. The van der Waals surface area contributed by atoms with Crippen LogP contribution in [0.25, 0.3) is 21.8 Å². The number of nitro groups is 1. The maximum atomic E-state index is 12.3. The number of para-hydroxylation sites is 1. The summed E-state index contributed by atoms with van der Waals surface area (Å²) in [7, 11) is 0. The number of hydrazone groups is 1. The van der Waals surface area contributed by atoms with Crippen molar-refractivity contribution in [2.24, 2.45) is 5.10 Å². The summed E-state index contributed by atoms with van der Waals surface area (Å²) in [5, 5.41) is 18.8. The quantitative estimate of drug-likeness (QED) is 0.339.